The highest BCUT2D eigenvalue weighted by Gasteiger charge is 2.21. The van der Waals surface area contributed by atoms with E-state index in [9.17, 15) is 0 Å². The molecule has 0 amide bonds. The third kappa shape index (κ3) is 4.75. The Labute approximate surface area is 98.0 Å². The second-order valence-corrected chi connectivity index (χ2v) is 6.39. The van der Waals surface area contributed by atoms with Crippen LogP contribution >= 0.6 is 11.8 Å². The standard InChI is InChI=1S/C12H24N2S/c1-10(8-14-11-5-6-11)13-9-12-4-2-3-7-15-12/h10-14H,2-9H2,1H3. The largest absolute Gasteiger partial charge is 0.312 e. The van der Waals surface area contributed by atoms with Crippen molar-refractivity contribution in [2.45, 2.75) is 56.4 Å². The van der Waals surface area contributed by atoms with E-state index in [1.54, 1.807) is 0 Å². The molecule has 1 saturated carbocycles. The Morgan fingerprint density at radius 1 is 1.27 bits per heavy atom. The highest BCUT2D eigenvalue weighted by atomic mass is 32.2. The van der Waals surface area contributed by atoms with Crippen molar-refractivity contribution in [2.24, 2.45) is 0 Å². The van der Waals surface area contributed by atoms with Crippen LogP contribution in [0.5, 0.6) is 0 Å². The van der Waals surface area contributed by atoms with E-state index < -0.39 is 0 Å². The minimum atomic E-state index is 0.633. The summed E-state index contributed by atoms with van der Waals surface area (Å²) in [6, 6.07) is 1.48. The molecular weight excluding hydrogens is 204 g/mol. The van der Waals surface area contributed by atoms with Gasteiger partial charge in [-0.3, -0.25) is 0 Å². The van der Waals surface area contributed by atoms with Crippen molar-refractivity contribution in [1.29, 1.82) is 0 Å². The van der Waals surface area contributed by atoms with E-state index in [1.165, 1.54) is 44.4 Å². The van der Waals surface area contributed by atoms with Crippen molar-refractivity contribution in [2.75, 3.05) is 18.8 Å². The second kappa shape index (κ2) is 6.12. The maximum Gasteiger partial charge on any atom is 0.0172 e. The zero-order valence-electron chi connectivity index (χ0n) is 9.80. The van der Waals surface area contributed by atoms with Crippen LogP contribution in [0.3, 0.4) is 0 Å². The van der Waals surface area contributed by atoms with Gasteiger partial charge in [-0.1, -0.05) is 6.42 Å². The molecule has 15 heavy (non-hydrogen) atoms. The summed E-state index contributed by atoms with van der Waals surface area (Å²) in [5.74, 6) is 1.38. The van der Waals surface area contributed by atoms with Crippen molar-refractivity contribution in [3.63, 3.8) is 0 Å². The number of hydrogen-bond acceptors (Lipinski definition) is 3. The Hall–Kier alpha value is 0.270. The van der Waals surface area contributed by atoms with Crippen molar-refractivity contribution in [1.82, 2.24) is 10.6 Å². The van der Waals surface area contributed by atoms with Crippen LogP contribution in [0.25, 0.3) is 0 Å². The molecule has 0 spiro atoms. The molecule has 1 heterocycles. The lowest BCUT2D eigenvalue weighted by molar-refractivity contribution is 0.487. The molecule has 0 aromatic carbocycles. The fourth-order valence-corrected chi connectivity index (χ4v) is 3.26. The molecule has 1 aliphatic carbocycles. The van der Waals surface area contributed by atoms with Gasteiger partial charge in [-0.05, 0) is 38.4 Å². The topological polar surface area (TPSA) is 24.1 Å². The summed E-state index contributed by atoms with van der Waals surface area (Å²) in [6.45, 7) is 4.64. The van der Waals surface area contributed by atoms with Gasteiger partial charge in [0.1, 0.15) is 0 Å². The SMILES string of the molecule is CC(CNC1CC1)NCC1CCCCS1. The molecule has 0 bridgehead atoms. The van der Waals surface area contributed by atoms with Gasteiger partial charge in [-0.15, -0.1) is 0 Å². The molecule has 2 unspecified atom stereocenters. The normalized spacial score (nSPS) is 29.0. The van der Waals surface area contributed by atoms with Crippen molar-refractivity contribution in [3.05, 3.63) is 0 Å². The predicted molar refractivity (Wildman–Crippen MR) is 68.6 cm³/mol. The molecule has 2 nitrogen and oxygen atoms in total. The summed E-state index contributed by atoms with van der Waals surface area (Å²) >= 11 is 2.16. The Balaban J connectivity index is 1.50. The van der Waals surface area contributed by atoms with E-state index in [-0.39, 0.29) is 0 Å². The molecule has 2 N–H and O–H groups in total. The zero-order chi connectivity index (χ0) is 10.5. The average molecular weight is 228 g/mol. The first-order valence-electron chi connectivity index (χ1n) is 6.43. The Bertz CT molecular complexity index is 176. The van der Waals surface area contributed by atoms with Gasteiger partial charge in [0, 0.05) is 30.4 Å². The van der Waals surface area contributed by atoms with Crippen LogP contribution in [-0.2, 0) is 0 Å². The lowest BCUT2D eigenvalue weighted by Crippen LogP contribution is -2.40. The van der Waals surface area contributed by atoms with Crippen LogP contribution < -0.4 is 10.6 Å². The quantitative estimate of drug-likeness (QED) is 0.727. The van der Waals surface area contributed by atoms with Gasteiger partial charge < -0.3 is 10.6 Å². The number of thioether (sulfide) groups is 1. The highest BCUT2D eigenvalue weighted by molar-refractivity contribution is 7.99. The molecular formula is C12H24N2S. The average Bonchev–Trinajstić information content (AvgIpc) is 3.09. The van der Waals surface area contributed by atoms with Gasteiger partial charge in [-0.25, -0.2) is 0 Å². The minimum Gasteiger partial charge on any atom is -0.312 e. The maximum atomic E-state index is 3.65. The molecule has 2 aliphatic rings. The summed E-state index contributed by atoms with van der Waals surface area (Å²) in [7, 11) is 0. The van der Waals surface area contributed by atoms with Crippen molar-refractivity contribution < 1.29 is 0 Å². The lowest BCUT2D eigenvalue weighted by Gasteiger charge is -2.23. The first-order chi connectivity index (χ1) is 7.34. The molecule has 0 radical (unpaired) electrons. The fourth-order valence-electron chi connectivity index (χ4n) is 2.00. The van der Waals surface area contributed by atoms with Gasteiger partial charge in [0.2, 0.25) is 0 Å². The zero-order valence-corrected chi connectivity index (χ0v) is 10.6. The summed E-state index contributed by atoms with van der Waals surface area (Å²) in [5.41, 5.74) is 0. The Kier molecular flexibility index (Phi) is 4.79. The van der Waals surface area contributed by atoms with Crippen molar-refractivity contribution >= 4 is 11.8 Å². The highest BCUT2D eigenvalue weighted by Crippen LogP contribution is 2.24. The van der Waals surface area contributed by atoms with E-state index in [4.69, 9.17) is 0 Å². The van der Waals surface area contributed by atoms with Gasteiger partial charge in [0.05, 0.1) is 0 Å². The molecule has 1 aliphatic heterocycles. The first kappa shape index (κ1) is 11.7. The number of nitrogens with one attached hydrogen (secondary N) is 2. The predicted octanol–water partition coefficient (Wildman–Crippen LogP) is 2.00. The van der Waals surface area contributed by atoms with E-state index in [2.05, 4.69) is 29.3 Å². The molecule has 2 atom stereocenters. The summed E-state index contributed by atoms with van der Waals surface area (Å²) < 4.78 is 0. The van der Waals surface area contributed by atoms with E-state index in [0.29, 0.717) is 6.04 Å². The molecule has 1 saturated heterocycles. The van der Waals surface area contributed by atoms with Gasteiger partial charge in [0.15, 0.2) is 0 Å². The van der Waals surface area contributed by atoms with Crippen LogP contribution in [0.15, 0.2) is 0 Å². The first-order valence-corrected chi connectivity index (χ1v) is 7.48. The minimum absolute atomic E-state index is 0.633. The monoisotopic (exact) mass is 228 g/mol. The molecule has 0 aromatic heterocycles. The van der Waals surface area contributed by atoms with E-state index in [1.807, 2.05) is 0 Å². The van der Waals surface area contributed by atoms with Gasteiger partial charge >= 0.3 is 0 Å². The van der Waals surface area contributed by atoms with Crippen LogP contribution in [0.1, 0.15) is 39.0 Å². The Morgan fingerprint density at radius 2 is 2.13 bits per heavy atom. The second-order valence-electron chi connectivity index (χ2n) is 4.98. The fraction of sp³-hybridized carbons (Fsp3) is 1.00. The van der Waals surface area contributed by atoms with E-state index in [0.717, 1.165) is 17.8 Å². The summed E-state index contributed by atoms with van der Waals surface area (Å²) in [4.78, 5) is 0. The van der Waals surface area contributed by atoms with Crippen LogP contribution in [0.2, 0.25) is 0 Å². The van der Waals surface area contributed by atoms with Crippen molar-refractivity contribution in [3.8, 4) is 0 Å². The summed E-state index contributed by atoms with van der Waals surface area (Å²) in [6.07, 6.45) is 7.07. The van der Waals surface area contributed by atoms with Crippen LogP contribution in [0.4, 0.5) is 0 Å². The van der Waals surface area contributed by atoms with Gasteiger partial charge in [-0.2, -0.15) is 11.8 Å². The molecule has 2 rings (SSSR count). The third-order valence-corrected chi connectivity index (χ3v) is 4.66. The molecule has 2 fully saturated rings. The maximum absolute atomic E-state index is 3.65. The summed E-state index contributed by atoms with van der Waals surface area (Å²) in [5, 5.41) is 8.10. The van der Waals surface area contributed by atoms with Crippen LogP contribution in [-0.4, -0.2) is 36.2 Å². The third-order valence-electron chi connectivity index (χ3n) is 3.26. The number of rotatable bonds is 6. The number of hydrogen-bond donors (Lipinski definition) is 2. The molecule has 88 valence electrons. The van der Waals surface area contributed by atoms with E-state index >= 15 is 0 Å². The van der Waals surface area contributed by atoms with Gasteiger partial charge in [0.25, 0.3) is 0 Å². The smallest absolute Gasteiger partial charge is 0.0172 e. The molecule has 3 heteroatoms. The van der Waals surface area contributed by atoms with Crippen LogP contribution in [0, 0.1) is 0 Å². The lowest BCUT2D eigenvalue weighted by atomic mass is 10.2. The molecule has 0 aromatic rings. The Morgan fingerprint density at radius 3 is 2.80 bits per heavy atom.